The first-order valence-electron chi connectivity index (χ1n) is 8.21. The molecule has 0 N–H and O–H groups in total. The third kappa shape index (κ3) is 2.38. The van der Waals surface area contributed by atoms with Gasteiger partial charge in [0.25, 0.3) is 5.91 Å². The fraction of sp³-hybridized carbons (Fsp3) is 0.500. The molecule has 23 heavy (non-hydrogen) atoms. The maximum atomic E-state index is 12.8. The number of thiazole rings is 1. The largest absolute Gasteiger partial charge is 0.331 e. The van der Waals surface area contributed by atoms with Crippen LogP contribution in [0.1, 0.15) is 52.1 Å². The van der Waals surface area contributed by atoms with Crippen molar-refractivity contribution in [1.29, 1.82) is 0 Å². The van der Waals surface area contributed by atoms with Gasteiger partial charge >= 0.3 is 0 Å². The number of amides is 1. The summed E-state index contributed by atoms with van der Waals surface area (Å²) in [4.78, 5) is 25.2. The van der Waals surface area contributed by atoms with Crippen molar-refractivity contribution in [2.75, 3.05) is 0 Å². The SMILES string of the molecule is Cc1nc(C)c(-c2cc3c(c(C)n2)C(=O)N([C@@H](C)C2CC2)C3)s1. The molecule has 0 unspecified atom stereocenters. The zero-order chi connectivity index (χ0) is 16.3. The smallest absolute Gasteiger partial charge is 0.256 e. The normalized spacial score (nSPS) is 18.4. The highest BCUT2D eigenvalue weighted by Gasteiger charge is 2.39. The third-order valence-corrected chi connectivity index (χ3v) is 6.12. The molecule has 1 fully saturated rings. The van der Waals surface area contributed by atoms with Gasteiger partial charge in [0.2, 0.25) is 0 Å². The summed E-state index contributed by atoms with van der Waals surface area (Å²) >= 11 is 1.67. The molecule has 0 saturated heterocycles. The lowest BCUT2D eigenvalue weighted by molar-refractivity contribution is 0.0697. The van der Waals surface area contributed by atoms with Crippen LogP contribution in [0, 0.1) is 26.7 Å². The van der Waals surface area contributed by atoms with Crippen LogP contribution in [0.4, 0.5) is 0 Å². The van der Waals surface area contributed by atoms with Crippen molar-refractivity contribution in [3.8, 4) is 10.6 Å². The van der Waals surface area contributed by atoms with Gasteiger partial charge in [-0.3, -0.25) is 9.78 Å². The number of hydrogen-bond acceptors (Lipinski definition) is 4. The van der Waals surface area contributed by atoms with Gasteiger partial charge in [0.15, 0.2) is 0 Å². The number of aromatic nitrogens is 2. The van der Waals surface area contributed by atoms with Crippen molar-refractivity contribution in [2.45, 2.75) is 53.1 Å². The molecule has 2 aromatic heterocycles. The minimum absolute atomic E-state index is 0.160. The molecule has 5 heteroatoms. The molecule has 1 aliphatic heterocycles. The van der Waals surface area contributed by atoms with Crippen molar-refractivity contribution < 1.29 is 4.79 Å². The Balaban J connectivity index is 1.74. The van der Waals surface area contributed by atoms with Crippen molar-refractivity contribution in [3.63, 3.8) is 0 Å². The molecule has 2 aliphatic rings. The Labute approximate surface area is 140 Å². The van der Waals surface area contributed by atoms with Crippen molar-refractivity contribution in [1.82, 2.24) is 14.9 Å². The van der Waals surface area contributed by atoms with Crippen LogP contribution in [0.15, 0.2) is 6.07 Å². The molecule has 1 amide bonds. The average molecular weight is 327 g/mol. The first-order chi connectivity index (χ1) is 11.0. The van der Waals surface area contributed by atoms with E-state index in [4.69, 9.17) is 4.98 Å². The van der Waals surface area contributed by atoms with Gasteiger partial charge in [-0.05, 0) is 58.1 Å². The first-order valence-corrected chi connectivity index (χ1v) is 9.03. The number of aryl methyl sites for hydroxylation is 3. The summed E-state index contributed by atoms with van der Waals surface area (Å²) in [6.07, 6.45) is 2.51. The van der Waals surface area contributed by atoms with Gasteiger partial charge in [-0.25, -0.2) is 4.98 Å². The van der Waals surface area contributed by atoms with E-state index in [2.05, 4.69) is 18.0 Å². The van der Waals surface area contributed by atoms with E-state index in [-0.39, 0.29) is 5.91 Å². The van der Waals surface area contributed by atoms with Crippen molar-refractivity contribution in [2.24, 2.45) is 5.92 Å². The highest BCUT2D eigenvalue weighted by molar-refractivity contribution is 7.15. The summed E-state index contributed by atoms with van der Waals surface area (Å²) in [5, 5.41) is 1.05. The van der Waals surface area contributed by atoms with Gasteiger partial charge in [0.05, 0.1) is 32.5 Å². The summed E-state index contributed by atoms with van der Waals surface area (Å²) in [6.45, 7) is 8.90. The highest BCUT2D eigenvalue weighted by Crippen LogP contribution is 2.39. The number of fused-ring (bicyclic) bond motifs is 1. The molecule has 4 rings (SSSR count). The van der Waals surface area contributed by atoms with E-state index in [1.807, 2.05) is 25.7 Å². The van der Waals surface area contributed by atoms with E-state index in [0.29, 0.717) is 12.0 Å². The van der Waals surface area contributed by atoms with E-state index in [1.54, 1.807) is 11.3 Å². The average Bonchev–Trinajstić information content (AvgIpc) is 3.21. The maximum Gasteiger partial charge on any atom is 0.256 e. The van der Waals surface area contributed by atoms with Gasteiger partial charge in [-0.1, -0.05) is 0 Å². The fourth-order valence-electron chi connectivity index (χ4n) is 3.60. The lowest BCUT2D eigenvalue weighted by Gasteiger charge is -2.23. The van der Waals surface area contributed by atoms with Gasteiger partial charge in [0, 0.05) is 12.6 Å². The molecule has 1 atom stereocenters. The molecule has 120 valence electrons. The van der Waals surface area contributed by atoms with E-state index in [9.17, 15) is 4.79 Å². The fourth-order valence-corrected chi connectivity index (χ4v) is 4.48. The topological polar surface area (TPSA) is 46.1 Å². The Morgan fingerprint density at radius 1 is 1.22 bits per heavy atom. The number of nitrogens with zero attached hydrogens (tertiary/aromatic N) is 3. The molecule has 1 aliphatic carbocycles. The van der Waals surface area contributed by atoms with E-state index < -0.39 is 0 Å². The zero-order valence-electron chi connectivity index (χ0n) is 14.0. The van der Waals surface area contributed by atoms with Crippen LogP contribution in [0.5, 0.6) is 0 Å². The van der Waals surface area contributed by atoms with E-state index in [0.717, 1.165) is 44.6 Å². The summed E-state index contributed by atoms with van der Waals surface area (Å²) in [5.41, 5.74) is 4.76. The molecule has 3 heterocycles. The number of hydrogen-bond donors (Lipinski definition) is 0. The maximum absolute atomic E-state index is 12.8. The van der Waals surface area contributed by atoms with Gasteiger partial charge in [-0.15, -0.1) is 11.3 Å². The Morgan fingerprint density at radius 2 is 1.96 bits per heavy atom. The number of carbonyl (C=O) groups is 1. The van der Waals surface area contributed by atoms with Crippen molar-refractivity contribution in [3.05, 3.63) is 33.6 Å². The molecule has 0 aromatic carbocycles. The monoisotopic (exact) mass is 327 g/mol. The molecular formula is C18H21N3OS. The van der Waals surface area contributed by atoms with Crippen LogP contribution < -0.4 is 0 Å². The molecule has 2 aromatic rings. The Bertz CT molecular complexity index is 807. The van der Waals surface area contributed by atoms with Gasteiger partial charge in [-0.2, -0.15) is 0 Å². The van der Waals surface area contributed by atoms with Crippen LogP contribution in [-0.2, 0) is 6.54 Å². The second-order valence-electron chi connectivity index (χ2n) is 6.79. The summed E-state index contributed by atoms with van der Waals surface area (Å²) in [6, 6.07) is 2.44. The minimum Gasteiger partial charge on any atom is -0.331 e. The predicted molar refractivity (Wildman–Crippen MR) is 91.6 cm³/mol. The molecule has 0 radical (unpaired) electrons. The molecule has 0 spiro atoms. The lowest BCUT2D eigenvalue weighted by Crippen LogP contribution is -2.34. The third-order valence-electron chi connectivity index (χ3n) is 5.03. The predicted octanol–water partition coefficient (Wildman–Crippen LogP) is 3.88. The molecule has 1 saturated carbocycles. The first kappa shape index (κ1) is 14.8. The summed E-state index contributed by atoms with van der Waals surface area (Å²) < 4.78 is 0. The minimum atomic E-state index is 0.160. The number of pyridine rings is 1. The van der Waals surface area contributed by atoms with E-state index in [1.165, 1.54) is 12.8 Å². The van der Waals surface area contributed by atoms with Crippen molar-refractivity contribution >= 4 is 17.2 Å². The Morgan fingerprint density at radius 3 is 2.57 bits per heavy atom. The van der Waals surface area contributed by atoms with Crippen LogP contribution in [0.3, 0.4) is 0 Å². The van der Waals surface area contributed by atoms with Gasteiger partial charge < -0.3 is 4.90 Å². The number of carbonyl (C=O) groups excluding carboxylic acids is 1. The Kier molecular flexibility index (Phi) is 3.30. The molecular weight excluding hydrogens is 306 g/mol. The Hall–Kier alpha value is -1.75. The quantitative estimate of drug-likeness (QED) is 0.859. The van der Waals surface area contributed by atoms with Crippen LogP contribution >= 0.6 is 11.3 Å². The second kappa shape index (κ2) is 5.13. The molecule has 0 bridgehead atoms. The van der Waals surface area contributed by atoms with E-state index >= 15 is 0 Å². The second-order valence-corrected chi connectivity index (χ2v) is 7.99. The summed E-state index contributed by atoms with van der Waals surface area (Å²) in [5.74, 6) is 0.848. The zero-order valence-corrected chi connectivity index (χ0v) is 14.8. The molecule has 4 nitrogen and oxygen atoms in total. The number of rotatable bonds is 3. The summed E-state index contributed by atoms with van der Waals surface area (Å²) in [7, 11) is 0. The van der Waals surface area contributed by atoms with Crippen LogP contribution in [0.25, 0.3) is 10.6 Å². The van der Waals surface area contributed by atoms with Crippen LogP contribution in [-0.4, -0.2) is 26.8 Å². The lowest BCUT2D eigenvalue weighted by atomic mass is 10.1. The standard InChI is InChI=1S/C18H21N3OS/c1-9-16-14(8-21(18(16)22)11(3)13-5-6-13)7-15(20-9)17-10(2)19-12(4)23-17/h7,11,13H,5-6,8H2,1-4H3/t11-/m0/s1. The highest BCUT2D eigenvalue weighted by atomic mass is 32.1. The van der Waals surface area contributed by atoms with Crippen LogP contribution in [0.2, 0.25) is 0 Å². The van der Waals surface area contributed by atoms with Gasteiger partial charge in [0.1, 0.15) is 0 Å².